The van der Waals surface area contributed by atoms with Crippen molar-refractivity contribution in [3.8, 4) is 0 Å². The van der Waals surface area contributed by atoms with Crippen LogP contribution in [0.25, 0.3) is 0 Å². The van der Waals surface area contributed by atoms with E-state index in [9.17, 15) is 29.8 Å². The predicted octanol–water partition coefficient (Wildman–Crippen LogP) is 0.897. The van der Waals surface area contributed by atoms with E-state index in [1.165, 1.54) is 0 Å². The number of hydrogen-bond acceptors (Lipinski definition) is 10. The third-order valence-corrected chi connectivity index (χ3v) is 3.45. The summed E-state index contributed by atoms with van der Waals surface area (Å²) in [5.74, 6) is -1.79. The zero-order valence-electron chi connectivity index (χ0n) is 13.7. The van der Waals surface area contributed by atoms with Crippen LogP contribution in [-0.4, -0.2) is 49.3 Å². The first-order valence-corrected chi connectivity index (χ1v) is 6.99. The average Bonchev–Trinajstić information content (AvgIpc) is 2.65. The number of carbonyl (C=O) groups is 2. The number of hydrogen-bond donors (Lipinski definition) is 0. The van der Waals surface area contributed by atoms with Gasteiger partial charge in [0.25, 0.3) is 11.4 Å². The first-order valence-electron chi connectivity index (χ1n) is 6.99. The topological polar surface area (TPSA) is 151 Å². The van der Waals surface area contributed by atoms with Crippen molar-refractivity contribution in [2.24, 2.45) is 0 Å². The molecule has 0 spiro atoms. The molecule has 0 atom stereocenters. The average molecular weight is 367 g/mol. The number of nitro groups is 2. The van der Waals surface area contributed by atoms with E-state index < -0.39 is 33.2 Å². The number of esters is 2. The van der Waals surface area contributed by atoms with E-state index in [4.69, 9.17) is 4.74 Å². The highest BCUT2D eigenvalue weighted by Crippen LogP contribution is 2.33. The molecule has 1 aromatic carbocycles. The summed E-state index contributed by atoms with van der Waals surface area (Å²) in [6, 6.07) is 2.80. The third-order valence-electron chi connectivity index (χ3n) is 3.45. The van der Waals surface area contributed by atoms with Crippen LogP contribution in [0, 0.1) is 20.2 Å². The van der Waals surface area contributed by atoms with Gasteiger partial charge in [0.05, 0.1) is 48.0 Å². The van der Waals surface area contributed by atoms with Crippen LogP contribution >= 0.6 is 0 Å². The summed E-state index contributed by atoms with van der Waals surface area (Å²) in [5.41, 5.74) is -1.68. The smallest absolute Gasteiger partial charge is 0.355 e. The van der Waals surface area contributed by atoms with E-state index in [0.717, 1.165) is 37.3 Å². The monoisotopic (exact) mass is 367 g/mol. The van der Waals surface area contributed by atoms with E-state index in [0.29, 0.717) is 0 Å². The van der Waals surface area contributed by atoms with Crippen molar-refractivity contribution in [3.63, 3.8) is 0 Å². The first kappa shape index (κ1) is 18.8. The fourth-order valence-corrected chi connectivity index (χ4v) is 2.29. The quantitative estimate of drug-likeness (QED) is 0.417. The van der Waals surface area contributed by atoms with Crippen molar-refractivity contribution in [1.29, 1.82) is 0 Å². The Morgan fingerprint density at radius 3 is 2.04 bits per heavy atom. The Morgan fingerprint density at radius 1 is 1.04 bits per heavy atom. The van der Waals surface area contributed by atoms with Gasteiger partial charge in [-0.2, -0.15) is 0 Å². The van der Waals surface area contributed by atoms with Gasteiger partial charge >= 0.3 is 11.9 Å². The summed E-state index contributed by atoms with van der Waals surface area (Å²) in [6.45, 7) is -0.548. The van der Waals surface area contributed by atoms with Crippen LogP contribution in [0.4, 0.5) is 17.1 Å². The fraction of sp³-hybridized carbons (Fsp3) is 0.286. The molecular weight excluding hydrogens is 354 g/mol. The molecule has 12 nitrogen and oxygen atoms in total. The van der Waals surface area contributed by atoms with Gasteiger partial charge in [-0.1, -0.05) is 0 Å². The first-order chi connectivity index (χ1) is 12.3. The molecule has 1 aromatic rings. The van der Waals surface area contributed by atoms with Crippen molar-refractivity contribution in [2.45, 2.75) is 0 Å². The Morgan fingerprint density at radius 2 is 1.58 bits per heavy atom. The molecule has 0 fully saturated rings. The number of ether oxygens (including phenoxy) is 3. The second-order valence-corrected chi connectivity index (χ2v) is 4.94. The molecule has 0 bridgehead atoms. The van der Waals surface area contributed by atoms with E-state index in [1.807, 2.05) is 0 Å². The minimum atomic E-state index is -0.928. The summed E-state index contributed by atoms with van der Waals surface area (Å²) in [7, 11) is 2.18. The SMILES string of the molecule is COC(=O)C1=C(C(=O)OC)N(c2cc([N+](=O)[O-])cc([N+](=O)[O-])c2)COC1. The van der Waals surface area contributed by atoms with Crippen molar-refractivity contribution in [3.05, 3.63) is 49.7 Å². The number of carbonyl (C=O) groups excluding carboxylic acids is 2. The van der Waals surface area contributed by atoms with Gasteiger partial charge in [0.2, 0.25) is 0 Å². The number of anilines is 1. The second-order valence-electron chi connectivity index (χ2n) is 4.94. The molecule has 138 valence electrons. The van der Waals surface area contributed by atoms with E-state index in [-0.39, 0.29) is 30.3 Å². The Labute approximate surface area is 145 Å². The van der Waals surface area contributed by atoms with Crippen LogP contribution < -0.4 is 4.90 Å². The van der Waals surface area contributed by atoms with Crippen LogP contribution in [0.15, 0.2) is 29.5 Å². The molecule has 0 N–H and O–H groups in total. The zero-order valence-corrected chi connectivity index (χ0v) is 13.7. The molecule has 0 amide bonds. The van der Waals surface area contributed by atoms with Gasteiger partial charge in [-0.05, 0) is 0 Å². The van der Waals surface area contributed by atoms with Crippen LogP contribution in [0.1, 0.15) is 0 Å². The van der Waals surface area contributed by atoms with E-state index >= 15 is 0 Å². The Hall–Kier alpha value is -3.54. The largest absolute Gasteiger partial charge is 0.466 e. The maximum atomic E-state index is 12.2. The molecule has 0 saturated heterocycles. The van der Waals surface area contributed by atoms with Crippen LogP contribution in [0.3, 0.4) is 0 Å². The number of nitrogens with zero attached hydrogens (tertiary/aromatic N) is 3. The maximum absolute atomic E-state index is 12.2. The summed E-state index contributed by atoms with van der Waals surface area (Å²) >= 11 is 0. The summed E-state index contributed by atoms with van der Waals surface area (Å²) in [6.07, 6.45) is 0. The number of methoxy groups -OCH3 is 2. The molecule has 0 saturated carbocycles. The molecule has 26 heavy (non-hydrogen) atoms. The fourth-order valence-electron chi connectivity index (χ4n) is 2.29. The lowest BCUT2D eigenvalue weighted by atomic mass is 10.1. The molecule has 0 unspecified atom stereocenters. The number of benzene rings is 1. The normalized spacial score (nSPS) is 14.0. The summed E-state index contributed by atoms with van der Waals surface area (Å²) < 4.78 is 14.5. The van der Waals surface area contributed by atoms with Gasteiger partial charge in [-0.15, -0.1) is 0 Å². The number of non-ortho nitro benzene ring substituents is 2. The zero-order chi connectivity index (χ0) is 19.4. The van der Waals surface area contributed by atoms with Gasteiger partial charge < -0.3 is 19.1 Å². The van der Waals surface area contributed by atoms with Crippen LogP contribution in [-0.2, 0) is 23.8 Å². The van der Waals surface area contributed by atoms with Gasteiger partial charge in [-0.3, -0.25) is 20.2 Å². The summed E-state index contributed by atoms with van der Waals surface area (Å²) in [5, 5.41) is 22.1. The highest BCUT2D eigenvalue weighted by molar-refractivity contribution is 6.03. The van der Waals surface area contributed by atoms with Crippen LogP contribution in [0.5, 0.6) is 0 Å². The lowest BCUT2D eigenvalue weighted by Crippen LogP contribution is -2.38. The second kappa shape index (κ2) is 7.57. The number of rotatable bonds is 5. The van der Waals surface area contributed by atoms with Gasteiger partial charge in [0.15, 0.2) is 0 Å². The van der Waals surface area contributed by atoms with Crippen molar-refractivity contribution in [1.82, 2.24) is 0 Å². The maximum Gasteiger partial charge on any atom is 0.355 e. The molecule has 1 heterocycles. The molecular formula is C14H13N3O9. The standard InChI is InChI=1S/C14H13N3O9/c1-24-13(18)11-6-26-7-15(12(11)14(19)25-2)8-3-9(16(20)21)5-10(4-8)17(22)23/h3-5H,6-7H2,1-2H3. The van der Waals surface area contributed by atoms with Gasteiger partial charge in [0.1, 0.15) is 12.4 Å². The molecule has 1 aliphatic heterocycles. The summed E-state index contributed by atoms with van der Waals surface area (Å²) in [4.78, 5) is 45.6. The lowest BCUT2D eigenvalue weighted by molar-refractivity contribution is -0.394. The van der Waals surface area contributed by atoms with E-state index in [1.54, 1.807) is 0 Å². The number of nitro benzene ring substituents is 2. The molecule has 0 radical (unpaired) electrons. The Bertz CT molecular complexity index is 786. The molecule has 0 aliphatic carbocycles. The Balaban J connectivity index is 2.68. The highest BCUT2D eigenvalue weighted by Gasteiger charge is 2.33. The highest BCUT2D eigenvalue weighted by atomic mass is 16.6. The van der Waals surface area contributed by atoms with Crippen LogP contribution in [0.2, 0.25) is 0 Å². The lowest BCUT2D eigenvalue weighted by Gasteiger charge is -2.31. The van der Waals surface area contributed by atoms with Gasteiger partial charge in [-0.25, -0.2) is 9.59 Å². The third kappa shape index (κ3) is 3.59. The van der Waals surface area contributed by atoms with Gasteiger partial charge in [0, 0.05) is 12.1 Å². The Kier molecular flexibility index (Phi) is 5.47. The minimum absolute atomic E-state index is 0.0904. The molecule has 2 rings (SSSR count). The van der Waals surface area contributed by atoms with Crippen molar-refractivity contribution < 1.29 is 33.6 Å². The molecule has 0 aromatic heterocycles. The minimum Gasteiger partial charge on any atom is -0.466 e. The van der Waals surface area contributed by atoms with E-state index in [2.05, 4.69) is 9.47 Å². The van der Waals surface area contributed by atoms with Crippen molar-refractivity contribution >= 4 is 29.0 Å². The predicted molar refractivity (Wildman–Crippen MR) is 84.1 cm³/mol. The van der Waals surface area contributed by atoms with Crippen molar-refractivity contribution in [2.75, 3.05) is 32.5 Å². The molecule has 12 heteroatoms. The molecule has 1 aliphatic rings.